The maximum Gasteiger partial charge on any atom is 0.514 e. The Morgan fingerprint density at radius 2 is 1.37 bits per heavy atom. The van der Waals surface area contributed by atoms with Gasteiger partial charge < -0.3 is 33.7 Å². The molecule has 0 aliphatic rings. The third-order valence-electron chi connectivity index (χ3n) is 6.44. The number of methoxy groups -OCH3 is 1. The first-order chi connectivity index (χ1) is 19.2. The van der Waals surface area contributed by atoms with Crippen molar-refractivity contribution in [1.29, 1.82) is 0 Å². The Balaban J connectivity index is 3.03. The van der Waals surface area contributed by atoms with Gasteiger partial charge in [-0.15, -0.1) is 0 Å². The minimum absolute atomic E-state index is 0.0541. The molecule has 11 heteroatoms. The standard InChI is InChI=1S/C30H47NO10/c1-18(2)10-13-27(32)37-15-14-31-24(28(33)36-9)16-23-11-12-25(40-29(34)38-21(7)19(3)4)26(17-23)41-30(35)39-22(8)20(5)6/h11-12,17-22,24,31H,10,13-16H2,1-9H3/t21?,22?,24-/m0/s1. The lowest BCUT2D eigenvalue weighted by Gasteiger charge is -2.20. The Hall–Kier alpha value is -3.34. The van der Waals surface area contributed by atoms with E-state index < -0.39 is 36.5 Å². The Morgan fingerprint density at radius 3 is 1.88 bits per heavy atom. The predicted molar refractivity (Wildman–Crippen MR) is 152 cm³/mol. The van der Waals surface area contributed by atoms with Gasteiger partial charge in [0.05, 0.1) is 7.11 Å². The minimum Gasteiger partial charge on any atom is -0.468 e. The van der Waals surface area contributed by atoms with Gasteiger partial charge in [0.25, 0.3) is 0 Å². The van der Waals surface area contributed by atoms with Crippen molar-refractivity contribution in [3.8, 4) is 11.5 Å². The van der Waals surface area contributed by atoms with Crippen LogP contribution in [0.4, 0.5) is 9.59 Å². The second-order valence-corrected chi connectivity index (χ2v) is 11.0. The molecule has 0 fully saturated rings. The lowest BCUT2D eigenvalue weighted by molar-refractivity contribution is -0.144. The van der Waals surface area contributed by atoms with Gasteiger partial charge in [0.15, 0.2) is 11.5 Å². The van der Waals surface area contributed by atoms with Crippen LogP contribution in [-0.2, 0) is 35.0 Å². The Labute approximate surface area is 243 Å². The molecule has 0 saturated carbocycles. The fourth-order valence-corrected chi connectivity index (χ4v) is 3.14. The summed E-state index contributed by atoms with van der Waals surface area (Å²) in [5.41, 5.74) is 0.567. The highest BCUT2D eigenvalue weighted by Gasteiger charge is 2.24. The summed E-state index contributed by atoms with van der Waals surface area (Å²) in [4.78, 5) is 49.2. The normalized spacial score (nSPS) is 13.4. The second-order valence-electron chi connectivity index (χ2n) is 11.0. The Morgan fingerprint density at radius 1 is 0.805 bits per heavy atom. The lowest BCUT2D eigenvalue weighted by atomic mass is 10.1. The van der Waals surface area contributed by atoms with E-state index in [2.05, 4.69) is 5.32 Å². The molecular weight excluding hydrogens is 534 g/mol. The summed E-state index contributed by atoms with van der Waals surface area (Å²) in [6, 6.07) is 3.74. The summed E-state index contributed by atoms with van der Waals surface area (Å²) >= 11 is 0. The molecular formula is C30H47NO10. The molecule has 0 spiro atoms. The zero-order chi connectivity index (χ0) is 31.1. The van der Waals surface area contributed by atoms with Crippen LogP contribution >= 0.6 is 0 Å². The quantitative estimate of drug-likeness (QED) is 0.115. The first-order valence-electron chi connectivity index (χ1n) is 14.1. The largest absolute Gasteiger partial charge is 0.514 e. The van der Waals surface area contributed by atoms with E-state index in [9.17, 15) is 19.2 Å². The van der Waals surface area contributed by atoms with Gasteiger partial charge in [-0.2, -0.15) is 0 Å². The molecule has 1 N–H and O–H groups in total. The van der Waals surface area contributed by atoms with E-state index in [4.69, 9.17) is 28.4 Å². The van der Waals surface area contributed by atoms with Gasteiger partial charge in [0.2, 0.25) is 0 Å². The Bertz CT molecular complexity index is 991. The van der Waals surface area contributed by atoms with E-state index in [1.807, 2.05) is 41.5 Å². The fraction of sp³-hybridized carbons (Fsp3) is 0.667. The summed E-state index contributed by atoms with van der Waals surface area (Å²) in [6.45, 7) is 15.4. The first-order valence-corrected chi connectivity index (χ1v) is 14.1. The Kier molecular flexibility index (Phi) is 15.8. The number of ether oxygens (including phenoxy) is 6. The molecule has 1 aromatic rings. The molecule has 2 unspecified atom stereocenters. The second kappa shape index (κ2) is 18.2. The monoisotopic (exact) mass is 581 g/mol. The van der Waals surface area contributed by atoms with Crippen LogP contribution in [0, 0.1) is 17.8 Å². The molecule has 1 aromatic carbocycles. The average molecular weight is 582 g/mol. The highest BCUT2D eigenvalue weighted by molar-refractivity contribution is 5.76. The number of esters is 2. The van der Waals surface area contributed by atoms with Gasteiger partial charge in [-0.3, -0.25) is 9.59 Å². The van der Waals surface area contributed by atoms with Crippen molar-refractivity contribution in [2.24, 2.45) is 17.8 Å². The fourth-order valence-electron chi connectivity index (χ4n) is 3.14. The van der Waals surface area contributed by atoms with Gasteiger partial charge >= 0.3 is 24.2 Å². The van der Waals surface area contributed by atoms with Crippen LogP contribution in [0.5, 0.6) is 11.5 Å². The van der Waals surface area contributed by atoms with Gasteiger partial charge in [-0.25, -0.2) is 9.59 Å². The molecule has 41 heavy (non-hydrogen) atoms. The number of hydrogen-bond acceptors (Lipinski definition) is 11. The van der Waals surface area contributed by atoms with Crippen molar-refractivity contribution < 1.29 is 47.6 Å². The molecule has 11 nitrogen and oxygen atoms in total. The summed E-state index contributed by atoms with van der Waals surface area (Å²) in [5, 5.41) is 3.03. The molecule has 0 amide bonds. The first kappa shape index (κ1) is 35.7. The van der Waals surface area contributed by atoms with Crippen LogP contribution in [0.15, 0.2) is 18.2 Å². The number of carbonyl (C=O) groups excluding carboxylic acids is 4. The van der Waals surface area contributed by atoms with Gasteiger partial charge in [0, 0.05) is 13.0 Å². The zero-order valence-electron chi connectivity index (χ0n) is 25.8. The summed E-state index contributed by atoms with van der Waals surface area (Å²) in [6.07, 6.45) is -1.54. The average Bonchev–Trinajstić information content (AvgIpc) is 2.89. The van der Waals surface area contributed by atoms with Crippen molar-refractivity contribution in [3.63, 3.8) is 0 Å². The van der Waals surface area contributed by atoms with Crippen LogP contribution in [0.1, 0.15) is 73.8 Å². The third kappa shape index (κ3) is 14.2. The van der Waals surface area contributed by atoms with Crippen molar-refractivity contribution in [2.45, 2.75) is 92.9 Å². The number of rotatable bonds is 16. The topological polar surface area (TPSA) is 136 Å². The van der Waals surface area contributed by atoms with Crippen molar-refractivity contribution in [2.75, 3.05) is 20.3 Å². The SMILES string of the molecule is COC(=O)[C@H](Cc1ccc(OC(=O)OC(C)C(C)C)c(OC(=O)OC(C)C(C)C)c1)NCCOC(=O)CCC(C)C. The molecule has 0 aliphatic heterocycles. The third-order valence-corrected chi connectivity index (χ3v) is 6.44. The van der Waals surface area contributed by atoms with E-state index >= 15 is 0 Å². The van der Waals surface area contributed by atoms with Gasteiger partial charge in [-0.05, 0) is 62.1 Å². The van der Waals surface area contributed by atoms with Crippen LogP contribution in [0.2, 0.25) is 0 Å². The molecule has 0 radical (unpaired) electrons. The molecule has 0 heterocycles. The van der Waals surface area contributed by atoms with E-state index in [1.165, 1.54) is 19.2 Å². The maximum atomic E-state index is 12.5. The van der Waals surface area contributed by atoms with Crippen LogP contribution in [0.3, 0.4) is 0 Å². The molecule has 0 aromatic heterocycles. The van der Waals surface area contributed by atoms with Crippen LogP contribution in [0.25, 0.3) is 0 Å². The van der Waals surface area contributed by atoms with Gasteiger partial charge in [0.1, 0.15) is 24.9 Å². The highest BCUT2D eigenvalue weighted by Crippen LogP contribution is 2.30. The van der Waals surface area contributed by atoms with E-state index in [0.29, 0.717) is 17.9 Å². The number of nitrogens with one attached hydrogen (secondary N) is 1. The van der Waals surface area contributed by atoms with E-state index in [-0.39, 0.29) is 48.9 Å². The van der Waals surface area contributed by atoms with Gasteiger partial charge in [-0.1, -0.05) is 47.6 Å². The minimum atomic E-state index is -0.973. The van der Waals surface area contributed by atoms with E-state index in [1.54, 1.807) is 19.9 Å². The van der Waals surface area contributed by atoms with Crippen LogP contribution in [-0.4, -0.2) is 62.8 Å². The maximum absolute atomic E-state index is 12.5. The summed E-state index contributed by atoms with van der Waals surface area (Å²) in [5.74, 6) is -0.453. The van der Waals surface area contributed by atoms with Crippen molar-refractivity contribution in [1.82, 2.24) is 5.32 Å². The smallest absolute Gasteiger partial charge is 0.468 e. The summed E-state index contributed by atoms with van der Waals surface area (Å²) in [7, 11) is 1.27. The van der Waals surface area contributed by atoms with Crippen molar-refractivity contribution >= 4 is 24.2 Å². The van der Waals surface area contributed by atoms with E-state index in [0.717, 1.165) is 6.42 Å². The molecule has 0 bridgehead atoms. The number of benzene rings is 1. The van der Waals surface area contributed by atoms with Crippen molar-refractivity contribution in [3.05, 3.63) is 23.8 Å². The van der Waals surface area contributed by atoms with Crippen LogP contribution < -0.4 is 14.8 Å². The number of hydrogen-bond donors (Lipinski definition) is 1. The lowest BCUT2D eigenvalue weighted by Crippen LogP contribution is -2.41. The molecule has 0 aliphatic carbocycles. The highest BCUT2D eigenvalue weighted by atomic mass is 16.8. The molecule has 232 valence electrons. The number of carbonyl (C=O) groups is 4. The predicted octanol–water partition coefficient (Wildman–Crippen LogP) is 5.46. The summed E-state index contributed by atoms with van der Waals surface area (Å²) < 4.78 is 31.5. The molecule has 0 saturated heterocycles. The molecule has 1 rings (SSSR count). The zero-order valence-corrected chi connectivity index (χ0v) is 25.8. The molecule has 3 atom stereocenters.